The van der Waals surface area contributed by atoms with Gasteiger partial charge in [0.2, 0.25) is 5.91 Å². The molecule has 0 saturated heterocycles. The van der Waals surface area contributed by atoms with Gasteiger partial charge in [0.05, 0.1) is 33.8 Å². The molecule has 0 aliphatic heterocycles. The van der Waals surface area contributed by atoms with Crippen LogP contribution in [0.2, 0.25) is 0 Å². The van der Waals surface area contributed by atoms with E-state index in [1.807, 2.05) is 33.3 Å². The van der Waals surface area contributed by atoms with Gasteiger partial charge in [0.15, 0.2) is 0 Å². The first-order valence-electron chi connectivity index (χ1n) is 33.6. The molecular formula is C69H129N2O7P. The summed E-state index contributed by atoms with van der Waals surface area (Å²) in [6, 6.07) is -0.892. The number of unbranched alkanes of at least 4 members (excludes halogenated alkanes) is 37. The second-order valence-corrected chi connectivity index (χ2v) is 25.4. The van der Waals surface area contributed by atoms with Crippen molar-refractivity contribution in [2.75, 3.05) is 40.9 Å². The van der Waals surface area contributed by atoms with E-state index in [0.717, 1.165) is 89.9 Å². The number of carbonyl (C=O) groups is 2. The van der Waals surface area contributed by atoms with Gasteiger partial charge in [-0.15, -0.1) is 0 Å². The van der Waals surface area contributed by atoms with E-state index in [1.165, 1.54) is 193 Å². The Labute approximate surface area is 490 Å². The molecule has 9 nitrogen and oxygen atoms in total. The average molecular weight is 1130 g/mol. The lowest BCUT2D eigenvalue weighted by molar-refractivity contribution is -0.870. The van der Waals surface area contributed by atoms with Crippen LogP contribution in [0.3, 0.4) is 0 Å². The minimum atomic E-state index is -4.70. The molecular weight excluding hydrogens is 1000 g/mol. The van der Waals surface area contributed by atoms with Crippen LogP contribution in [0.15, 0.2) is 60.8 Å². The van der Waals surface area contributed by atoms with E-state index in [9.17, 15) is 19.0 Å². The van der Waals surface area contributed by atoms with Gasteiger partial charge in [-0.1, -0.05) is 275 Å². The molecule has 0 aliphatic carbocycles. The molecule has 0 aromatic heterocycles. The number of rotatable bonds is 61. The predicted molar refractivity (Wildman–Crippen MR) is 339 cm³/mol. The Hall–Kier alpha value is -2.29. The third-order valence-electron chi connectivity index (χ3n) is 14.9. The minimum absolute atomic E-state index is 0.0238. The zero-order chi connectivity index (χ0) is 57.9. The summed E-state index contributed by atoms with van der Waals surface area (Å²) in [5, 5.41) is 3.03. The monoisotopic (exact) mass is 1130 g/mol. The van der Waals surface area contributed by atoms with E-state index in [0.29, 0.717) is 17.4 Å². The smallest absolute Gasteiger partial charge is 0.306 e. The van der Waals surface area contributed by atoms with Crippen molar-refractivity contribution in [2.45, 2.75) is 328 Å². The molecule has 3 atom stereocenters. The number of hydrogen-bond acceptors (Lipinski definition) is 7. The summed E-state index contributed by atoms with van der Waals surface area (Å²) < 4.78 is 30.4. The lowest BCUT2D eigenvalue weighted by Crippen LogP contribution is -2.47. The highest BCUT2D eigenvalue weighted by atomic mass is 31.2. The van der Waals surface area contributed by atoms with Crippen molar-refractivity contribution in [3.05, 3.63) is 60.8 Å². The Bertz CT molecular complexity index is 1540. The molecule has 0 fully saturated rings. The molecule has 0 heterocycles. The van der Waals surface area contributed by atoms with Crippen LogP contribution in [0.4, 0.5) is 0 Å². The molecule has 79 heavy (non-hydrogen) atoms. The third kappa shape index (κ3) is 60.1. The van der Waals surface area contributed by atoms with Crippen molar-refractivity contribution < 1.29 is 37.3 Å². The van der Waals surface area contributed by atoms with E-state index in [-0.39, 0.29) is 24.9 Å². The Kier molecular flexibility index (Phi) is 57.2. The molecule has 0 aromatic carbocycles. The van der Waals surface area contributed by atoms with E-state index in [1.54, 1.807) is 0 Å². The molecule has 1 amide bonds. The first-order valence-corrected chi connectivity index (χ1v) is 35.1. The molecule has 10 heteroatoms. The van der Waals surface area contributed by atoms with Crippen LogP contribution >= 0.6 is 7.82 Å². The highest BCUT2D eigenvalue weighted by Gasteiger charge is 2.27. The SMILES string of the molecule is CC/C=C/C/C=C/CCCCCCCCCC(=O)NC(COP(=O)([O-])OCC[N+](C)(C)C)C(/C=C\CCCCCCCCCCCC)OC(=O)CCCCCCCCCCCCCCCCCCC/C=C\C/C=C\CCCCC. The molecule has 0 bridgehead atoms. The van der Waals surface area contributed by atoms with Crippen molar-refractivity contribution in [3.8, 4) is 0 Å². The van der Waals surface area contributed by atoms with E-state index in [2.05, 4.69) is 74.7 Å². The fourth-order valence-corrected chi connectivity index (χ4v) is 10.5. The largest absolute Gasteiger partial charge is 0.756 e. The first-order chi connectivity index (χ1) is 38.4. The number of nitrogens with one attached hydrogen (secondary N) is 1. The summed E-state index contributed by atoms with van der Waals surface area (Å²) >= 11 is 0. The predicted octanol–water partition coefficient (Wildman–Crippen LogP) is 20.4. The van der Waals surface area contributed by atoms with Crippen LogP contribution in [0, 0.1) is 0 Å². The van der Waals surface area contributed by atoms with Gasteiger partial charge in [0.1, 0.15) is 19.3 Å². The summed E-state index contributed by atoms with van der Waals surface area (Å²) in [4.78, 5) is 40.0. The molecule has 0 aliphatic rings. The number of amides is 1. The van der Waals surface area contributed by atoms with E-state index >= 15 is 0 Å². The summed E-state index contributed by atoms with van der Waals surface area (Å²) in [7, 11) is 1.18. The van der Waals surface area contributed by atoms with Crippen LogP contribution < -0.4 is 10.2 Å². The number of ether oxygens (including phenoxy) is 1. The van der Waals surface area contributed by atoms with Crippen LogP contribution in [0.5, 0.6) is 0 Å². The lowest BCUT2D eigenvalue weighted by atomic mass is 10.0. The normalized spacial score (nSPS) is 14.0. The van der Waals surface area contributed by atoms with Gasteiger partial charge in [0, 0.05) is 12.8 Å². The summed E-state index contributed by atoms with van der Waals surface area (Å²) in [5.74, 6) is -0.541. The summed E-state index contributed by atoms with van der Waals surface area (Å²) in [5.41, 5.74) is 0. The lowest BCUT2D eigenvalue weighted by Gasteiger charge is -2.30. The quantitative estimate of drug-likeness (QED) is 0.0212. The maximum absolute atomic E-state index is 13.5. The van der Waals surface area contributed by atoms with Crippen LogP contribution in [0.25, 0.3) is 0 Å². The van der Waals surface area contributed by atoms with Gasteiger partial charge in [-0.05, 0) is 89.5 Å². The van der Waals surface area contributed by atoms with E-state index < -0.39 is 26.6 Å². The number of hydrogen-bond donors (Lipinski definition) is 1. The number of allylic oxidation sites excluding steroid dienone is 9. The molecule has 0 radical (unpaired) electrons. The number of carbonyl (C=O) groups excluding carboxylic acids is 2. The fraction of sp³-hybridized carbons (Fsp3) is 0.826. The number of phosphoric ester groups is 1. The standard InChI is InChI=1S/C69H129N2O7P/c1-7-10-13-16-19-22-25-28-30-31-32-33-34-35-36-37-38-39-40-41-42-44-47-50-53-56-59-62-69(73)78-67(60-57-54-51-48-45-27-24-21-18-15-12-9-3)66(65-77-79(74,75)76-64-63-71(4,5)6)70-68(72)61-58-55-52-49-46-43-29-26-23-20-17-14-11-8-2/h11,14,19-20,22-23,28,30,57,60,66-67H,7-10,12-13,15-18,21,24-27,29,31-56,58-59,61-65H2,1-6H3,(H-,70,72,74,75)/b14-11+,22-19-,23-20+,30-28-,60-57-. The van der Waals surface area contributed by atoms with Gasteiger partial charge in [-0.25, -0.2) is 0 Å². The summed E-state index contributed by atoms with van der Waals surface area (Å²) in [6.07, 6.45) is 74.9. The molecule has 3 unspecified atom stereocenters. The van der Waals surface area contributed by atoms with Gasteiger partial charge in [0.25, 0.3) is 7.82 Å². The second-order valence-electron chi connectivity index (χ2n) is 23.9. The Morgan fingerprint density at radius 3 is 1.23 bits per heavy atom. The van der Waals surface area contributed by atoms with Gasteiger partial charge in [-0.2, -0.15) is 0 Å². The second kappa shape index (κ2) is 58.9. The zero-order valence-electron chi connectivity index (χ0n) is 52.8. The van der Waals surface area contributed by atoms with Gasteiger partial charge < -0.3 is 28.5 Å². The van der Waals surface area contributed by atoms with E-state index in [4.69, 9.17) is 13.8 Å². The zero-order valence-corrected chi connectivity index (χ0v) is 53.7. The Morgan fingerprint density at radius 2 is 0.810 bits per heavy atom. The number of nitrogens with zero attached hydrogens (tertiary/aromatic N) is 1. The number of quaternary nitrogens is 1. The number of phosphoric acid groups is 1. The topological polar surface area (TPSA) is 114 Å². The summed E-state index contributed by atoms with van der Waals surface area (Å²) in [6.45, 7) is 6.73. The first kappa shape index (κ1) is 76.7. The van der Waals surface area contributed by atoms with Crippen molar-refractivity contribution in [3.63, 3.8) is 0 Å². The maximum Gasteiger partial charge on any atom is 0.306 e. The van der Waals surface area contributed by atoms with Crippen molar-refractivity contribution >= 4 is 19.7 Å². The van der Waals surface area contributed by atoms with Crippen LogP contribution in [-0.2, 0) is 27.9 Å². The molecule has 0 aromatic rings. The number of esters is 1. The molecule has 462 valence electrons. The Morgan fingerprint density at radius 1 is 0.456 bits per heavy atom. The highest BCUT2D eigenvalue weighted by Crippen LogP contribution is 2.38. The Balaban J connectivity index is 5.00. The van der Waals surface area contributed by atoms with Crippen molar-refractivity contribution in [2.24, 2.45) is 0 Å². The molecule has 0 spiro atoms. The maximum atomic E-state index is 13.5. The van der Waals surface area contributed by atoms with Crippen molar-refractivity contribution in [1.82, 2.24) is 5.32 Å². The number of likely N-dealkylation sites (N-methyl/N-ethyl adjacent to an activating group) is 1. The highest BCUT2D eigenvalue weighted by molar-refractivity contribution is 7.45. The average Bonchev–Trinajstić information content (AvgIpc) is 3.41. The molecule has 1 N–H and O–H groups in total. The van der Waals surface area contributed by atoms with Gasteiger partial charge >= 0.3 is 5.97 Å². The fourth-order valence-electron chi connectivity index (χ4n) is 9.77. The minimum Gasteiger partial charge on any atom is -0.756 e. The van der Waals surface area contributed by atoms with Gasteiger partial charge in [-0.3, -0.25) is 14.2 Å². The third-order valence-corrected chi connectivity index (χ3v) is 15.9. The molecule has 0 saturated carbocycles. The van der Waals surface area contributed by atoms with Crippen LogP contribution in [-0.4, -0.2) is 69.4 Å². The molecule has 0 rings (SSSR count). The van der Waals surface area contributed by atoms with Crippen molar-refractivity contribution in [1.29, 1.82) is 0 Å². The van der Waals surface area contributed by atoms with Crippen LogP contribution in [0.1, 0.15) is 316 Å².